The van der Waals surface area contributed by atoms with Crippen LogP contribution in [0.3, 0.4) is 0 Å². The molecule has 3 heteroatoms. The van der Waals surface area contributed by atoms with E-state index < -0.39 is 0 Å². The molecule has 0 aliphatic heterocycles. The molecule has 15 heavy (non-hydrogen) atoms. The predicted octanol–water partition coefficient (Wildman–Crippen LogP) is 1.97. The van der Waals surface area contributed by atoms with Crippen LogP contribution >= 0.6 is 0 Å². The number of benzene rings is 1. The first-order valence-corrected chi connectivity index (χ1v) is 5.22. The molecule has 2 aromatic rings. The van der Waals surface area contributed by atoms with Gasteiger partial charge in [0, 0.05) is 19.9 Å². The molecule has 0 bridgehead atoms. The average Bonchev–Trinajstić information content (AvgIpc) is 2.60. The van der Waals surface area contributed by atoms with Crippen molar-refractivity contribution in [2.45, 2.75) is 19.8 Å². The van der Waals surface area contributed by atoms with Gasteiger partial charge in [0.25, 0.3) is 0 Å². The molecule has 2 rings (SSSR count). The number of aromatic nitrogens is 3. The fourth-order valence-corrected chi connectivity index (χ4v) is 1.64. The Hall–Kier alpha value is -1.64. The molecular formula is C12H15N3. The Labute approximate surface area is 89.8 Å². The zero-order chi connectivity index (χ0) is 10.7. The fraction of sp³-hybridized carbons (Fsp3) is 0.333. The molecule has 0 aliphatic carbocycles. The second-order valence-electron chi connectivity index (χ2n) is 3.58. The van der Waals surface area contributed by atoms with E-state index in [2.05, 4.69) is 29.1 Å². The summed E-state index contributed by atoms with van der Waals surface area (Å²) in [6, 6.07) is 10.3. The standard InChI is InChI=1S/C12H15N3/c1-3-12-13-11(14-15(12)2)9-10-7-5-4-6-8-10/h4-8H,3,9H2,1-2H3. The van der Waals surface area contributed by atoms with E-state index in [1.165, 1.54) is 5.56 Å². The maximum Gasteiger partial charge on any atom is 0.155 e. The van der Waals surface area contributed by atoms with E-state index >= 15 is 0 Å². The normalized spacial score (nSPS) is 10.5. The minimum Gasteiger partial charge on any atom is -0.253 e. The third kappa shape index (κ3) is 2.24. The second kappa shape index (κ2) is 4.26. The number of nitrogens with zero attached hydrogens (tertiary/aromatic N) is 3. The van der Waals surface area contributed by atoms with Crippen LogP contribution in [-0.2, 0) is 19.9 Å². The molecule has 0 saturated carbocycles. The third-order valence-electron chi connectivity index (χ3n) is 2.42. The van der Waals surface area contributed by atoms with Gasteiger partial charge in [0.05, 0.1) is 0 Å². The monoisotopic (exact) mass is 201 g/mol. The summed E-state index contributed by atoms with van der Waals surface area (Å²) in [5, 5.41) is 4.38. The van der Waals surface area contributed by atoms with Gasteiger partial charge < -0.3 is 0 Å². The number of rotatable bonds is 3. The molecule has 0 aliphatic rings. The Morgan fingerprint density at radius 1 is 1.20 bits per heavy atom. The Bertz CT molecular complexity index is 431. The van der Waals surface area contributed by atoms with E-state index in [1.807, 2.05) is 29.9 Å². The lowest BCUT2D eigenvalue weighted by molar-refractivity contribution is 0.702. The third-order valence-corrected chi connectivity index (χ3v) is 2.42. The van der Waals surface area contributed by atoms with Gasteiger partial charge in [0.2, 0.25) is 0 Å². The summed E-state index contributed by atoms with van der Waals surface area (Å²) in [6.45, 7) is 2.09. The van der Waals surface area contributed by atoms with E-state index in [9.17, 15) is 0 Å². The molecule has 3 nitrogen and oxygen atoms in total. The largest absolute Gasteiger partial charge is 0.253 e. The smallest absolute Gasteiger partial charge is 0.155 e. The highest BCUT2D eigenvalue weighted by atomic mass is 15.3. The van der Waals surface area contributed by atoms with Gasteiger partial charge in [0.1, 0.15) is 5.82 Å². The van der Waals surface area contributed by atoms with Crippen molar-refractivity contribution in [2.24, 2.45) is 7.05 Å². The molecule has 0 fully saturated rings. The van der Waals surface area contributed by atoms with Crippen molar-refractivity contribution in [1.29, 1.82) is 0 Å². The number of aryl methyl sites for hydroxylation is 2. The minimum atomic E-state index is 0.814. The molecule has 0 radical (unpaired) electrons. The van der Waals surface area contributed by atoms with Crippen molar-refractivity contribution >= 4 is 0 Å². The van der Waals surface area contributed by atoms with Crippen LogP contribution in [0.15, 0.2) is 30.3 Å². The van der Waals surface area contributed by atoms with Gasteiger partial charge >= 0.3 is 0 Å². The highest BCUT2D eigenvalue weighted by Crippen LogP contribution is 2.06. The van der Waals surface area contributed by atoms with Gasteiger partial charge in [-0.05, 0) is 5.56 Å². The van der Waals surface area contributed by atoms with Crippen LogP contribution in [0.25, 0.3) is 0 Å². The minimum absolute atomic E-state index is 0.814. The van der Waals surface area contributed by atoms with Crippen molar-refractivity contribution < 1.29 is 0 Å². The molecule has 1 heterocycles. The van der Waals surface area contributed by atoms with Gasteiger partial charge in [-0.3, -0.25) is 4.68 Å². The molecule has 0 N–H and O–H groups in total. The highest BCUT2D eigenvalue weighted by Gasteiger charge is 2.05. The van der Waals surface area contributed by atoms with Crippen LogP contribution in [0, 0.1) is 0 Å². The SMILES string of the molecule is CCc1nc(Cc2ccccc2)nn1C. The Morgan fingerprint density at radius 2 is 1.93 bits per heavy atom. The molecule has 0 saturated heterocycles. The first-order valence-electron chi connectivity index (χ1n) is 5.22. The zero-order valence-electron chi connectivity index (χ0n) is 9.14. The highest BCUT2D eigenvalue weighted by molar-refractivity contribution is 5.18. The summed E-state index contributed by atoms with van der Waals surface area (Å²) in [6.07, 6.45) is 1.74. The van der Waals surface area contributed by atoms with Crippen LogP contribution in [-0.4, -0.2) is 14.8 Å². The van der Waals surface area contributed by atoms with Gasteiger partial charge in [-0.2, -0.15) is 5.10 Å². The van der Waals surface area contributed by atoms with Crippen LogP contribution in [0.5, 0.6) is 0 Å². The molecular weight excluding hydrogens is 186 g/mol. The van der Waals surface area contributed by atoms with Crippen LogP contribution in [0.2, 0.25) is 0 Å². The van der Waals surface area contributed by atoms with Crippen molar-refractivity contribution in [1.82, 2.24) is 14.8 Å². The first kappa shape index (κ1) is 9.90. The van der Waals surface area contributed by atoms with Crippen molar-refractivity contribution in [3.63, 3.8) is 0 Å². The first-order chi connectivity index (χ1) is 7.29. The second-order valence-corrected chi connectivity index (χ2v) is 3.58. The predicted molar refractivity (Wildman–Crippen MR) is 59.6 cm³/mol. The summed E-state index contributed by atoms with van der Waals surface area (Å²) >= 11 is 0. The summed E-state index contributed by atoms with van der Waals surface area (Å²) in [4.78, 5) is 4.48. The lowest BCUT2D eigenvalue weighted by atomic mass is 10.1. The fourth-order valence-electron chi connectivity index (χ4n) is 1.64. The van der Waals surface area contributed by atoms with E-state index in [4.69, 9.17) is 0 Å². The van der Waals surface area contributed by atoms with E-state index in [0.29, 0.717) is 0 Å². The summed E-state index contributed by atoms with van der Waals surface area (Å²) in [7, 11) is 1.94. The zero-order valence-corrected chi connectivity index (χ0v) is 9.14. The quantitative estimate of drug-likeness (QED) is 0.760. The van der Waals surface area contributed by atoms with Gasteiger partial charge in [0.15, 0.2) is 5.82 Å². The maximum absolute atomic E-state index is 4.48. The Morgan fingerprint density at radius 3 is 2.53 bits per heavy atom. The molecule has 0 unspecified atom stereocenters. The molecule has 0 amide bonds. The van der Waals surface area contributed by atoms with E-state index in [0.717, 1.165) is 24.5 Å². The molecule has 78 valence electrons. The number of hydrogen-bond donors (Lipinski definition) is 0. The van der Waals surface area contributed by atoms with Crippen molar-refractivity contribution in [3.05, 3.63) is 47.5 Å². The van der Waals surface area contributed by atoms with E-state index in [-0.39, 0.29) is 0 Å². The lowest BCUT2D eigenvalue weighted by Gasteiger charge is -1.94. The van der Waals surface area contributed by atoms with Gasteiger partial charge in [-0.1, -0.05) is 37.3 Å². The van der Waals surface area contributed by atoms with Crippen molar-refractivity contribution in [3.8, 4) is 0 Å². The molecule has 1 aromatic carbocycles. The van der Waals surface area contributed by atoms with Crippen LogP contribution < -0.4 is 0 Å². The summed E-state index contributed by atoms with van der Waals surface area (Å²) < 4.78 is 1.86. The molecule has 1 aromatic heterocycles. The van der Waals surface area contributed by atoms with Gasteiger partial charge in [-0.15, -0.1) is 0 Å². The molecule has 0 atom stereocenters. The summed E-state index contributed by atoms with van der Waals surface area (Å²) in [5.41, 5.74) is 1.26. The lowest BCUT2D eigenvalue weighted by Crippen LogP contribution is -1.97. The Kier molecular flexibility index (Phi) is 2.81. The maximum atomic E-state index is 4.48. The number of hydrogen-bond acceptors (Lipinski definition) is 2. The van der Waals surface area contributed by atoms with E-state index in [1.54, 1.807) is 0 Å². The van der Waals surface area contributed by atoms with Crippen molar-refractivity contribution in [2.75, 3.05) is 0 Å². The van der Waals surface area contributed by atoms with Gasteiger partial charge in [-0.25, -0.2) is 4.98 Å². The van der Waals surface area contributed by atoms with Crippen LogP contribution in [0.1, 0.15) is 24.1 Å². The van der Waals surface area contributed by atoms with Crippen LogP contribution in [0.4, 0.5) is 0 Å². The molecule has 0 spiro atoms. The topological polar surface area (TPSA) is 30.7 Å². The summed E-state index contributed by atoms with van der Waals surface area (Å²) in [5.74, 6) is 1.95. The average molecular weight is 201 g/mol. The Balaban J connectivity index is 2.18.